The zero-order chi connectivity index (χ0) is 8.74. The molecule has 0 aliphatic rings. The van der Waals surface area contributed by atoms with Crippen LogP contribution in [0.3, 0.4) is 0 Å². The maximum atomic E-state index is 5.37. The minimum atomic E-state index is -2.25. The van der Waals surface area contributed by atoms with Gasteiger partial charge in [0.05, 0.1) is 0 Å². The normalized spacial score (nSPS) is 12.0. The molecule has 0 saturated heterocycles. The van der Waals surface area contributed by atoms with E-state index in [4.69, 9.17) is 6.64 Å². The molecule has 68 valence electrons. The predicted molar refractivity (Wildman–Crippen MR) is 43.2 cm³/mol. The Bertz CT molecular complexity index is 96.4. The van der Waals surface area contributed by atoms with Gasteiger partial charge in [-0.15, -0.1) is 0 Å². The van der Waals surface area contributed by atoms with Gasteiger partial charge < -0.3 is 0 Å². The first-order valence-electron chi connectivity index (χ1n) is 3.93. The molecule has 0 rings (SSSR count). The second-order valence-electron chi connectivity index (χ2n) is 2.75. The summed E-state index contributed by atoms with van der Waals surface area (Å²) in [4.78, 5) is 0. The standard InChI is InChI=1S/C4H10N.2CH3O.CH3.Ti/c1-3-4-5-2;2*1-2;;/h5H,1,3-4H2,2H3;2*1H3;1H3;/q;2*-1;;+2. The third kappa shape index (κ3) is 4.93. The Kier molecular flexibility index (Phi) is 6.48. The summed E-state index contributed by atoms with van der Waals surface area (Å²) < 4.78 is 11.8. The summed E-state index contributed by atoms with van der Waals surface area (Å²) in [6.07, 6.45) is 1.15. The molecule has 3 nitrogen and oxygen atoms in total. The van der Waals surface area contributed by atoms with Gasteiger partial charge in [0.15, 0.2) is 0 Å². The second-order valence-corrected chi connectivity index (χ2v) is 8.35. The van der Waals surface area contributed by atoms with Gasteiger partial charge in [-0.05, 0) is 0 Å². The average Bonchev–Trinajstić information content (AvgIpc) is 2.05. The van der Waals surface area contributed by atoms with E-state index in [1.165, 1.54) is 0 Å². The van der Waals surface area contributed by atoms with Crippen LogP contribution in [0.1, 0.15) is 6.42 Å². The molecule has 1 N–H and O–H groups in total. The van der Waals surface area contributed by atoms with Crippen molar-refractivity contribution in [1.82, 2.24) is 5.32 Å². The third-order valence-electron chi connectivity index (χ3n) is 1.92. The molecule has 0 saturated carbocycles. The van der Waals surface area contributed by atoms with E-state index in [1.54, 1.807) is 14.2 Å². The van der Waals surface area contributed by atoms with Crippen molar-refractivity contribution in [2.24, 2.45) is 0 Å². The monoisotopic (exact) mass is 197 g/mol. The summed E-state index contributed by atoms with van der Waals surface area (Å²) in [5, 5.41) is 5.24. The molecule has 0 spiro atoms. The number of hydrogen-bond acceptors (Lipinski definition) is 3. The summed E-state index contributed by atoms with van der Waals surface area (Å²) in [5.74, 6) is 0. The molecule has 0 aliphatic carbocycles. The van der Waals surface area contributed by atoms with Crippen LogP contribution in [-0.2, 0) is 24.0 Å². The molecule has 0 unspecified atom stereocenters. The van der Waals surface area contributed by atoms with Crippen molar-refractivity contribution in [2.45, 2.75) is 16.4 Å². The minimum absolute atomic E-state index is 1.05. The first kappa shape index (κ1) is 11.6. The third-order valence-corrected chi connectivity index (χ3v) is 6.59. The molecule has 0 bridgehead atoms. The molecule has 4 heteroatoms. The zero-order valence-electron chi connectivity index (χ0n) is 7.94. The van der Waals surface area contributed by atoms with Gasteiger partial charge in [-0.1, -0.05) is 0 Å². The van der Waals surface area contributed by atoms with Gasteiger partial charge in [-0.3, -0.25) is 0 Å². The number of nitrogens with one attached hydrogen (secondary N) is 1. The van der Waals surface area contributed by atoms with Crippen LogP contribution in [0, 0.1) is 0 Å². The van der Waals surface area contributed by atoms with Gasteiger partial charge in [-0.2, -0.15) is 0 Å². The van der Waals surface area contributed by atoms with Crippen LogP contribution in [-0.4, -0.2) is 27.8 Å². The molecule has 0 radical (unpaired) electrons. The van der Waals surface area contributed by atoms with Crippen molar-refractivity contribution in [3.8, 4) is 0 Å². The van der Waals surface area contributed by atoms with Crippen LogP contribution in [0.5, 0.6) is 0 Å². The van der Waals surface area contributed by atoms with E-state index in [2.05, 4.69) is 10.5 Å². The van der Waals surface area contributed by atoms with Crippen LogP contribution in [0.25, 0.3) is 0 Å². The summed E-state index contributed by atoms with van der Waals surface area (Å²) >= 11 is -2.25. The fourth-order valence-electron chi connectivity index (χ4n) is 0.874. The van der Waals surface area contributed by atoms with Crippen LogP contribution >= 0.6 is 0 Å². The Balaban J connectivity index is 3.51. The Morgan fingerprint density at radius 2 is 1.82 bits per heavy atom. The maximum absolute atomic E-state index is 5.37. The molecule has 0 aromatic heterocycles. The van der Waals surface area contributed by atoms with E-state index < -0.39 is 17.4 Å². The molecule has 11 heavy (non-hydrogen) atoms. The van der Waals surface area contributed by atoms with Crippen LogP contribution in [0.4, 0.5) is 0 Å². The summed E-state index contributed by atoms with van der Waals surface area (Å²) in [6.45, 7) is 1.05. The molecule has 0 aromatic carbocycles. The Morgan fingerprint density at radius 3 is 2.18 bits per heavy atom. The summed E-state index contributed by atoms with van der Waals surface area (Å²) in [5.41, 5.74) is 0. The van der Waals surface area contributed by atoms with E-state index >= 15 is 0 Å². The summed E-state index contributed by atoms with van der Waals surface area (Å²) in [6, 6.07) is 0. The molecule has 0 aliphatic heterocycles. The van der Waals surface area contributed by atoms with Gasteiger partial charge in [0, 0.05) is 0 Å². The first-order chi connectivity index (χ1) is 5.18. The van der Waals surface area contributed by atoms with Gasteiger partial charge in [0.25, 0.3) is 0 Å². The predicted octanol–water partition coefficient (Wildman–Crippen LogP) is 1.34. The Morgan fingerprint density at radius 1 is 1.27 bits per heavy atom. The van der Waals surface area contributed by atoms with Crippen molar-refractivity contribution < 1.29 is 24.0 Å². The SMILES string of the molecule is CNCC[CH2][Ti]([CH3])([O]C)[O]C. The van der Waals surface area contributed by atoms with E-state index in [1.807, 2.05) is 7.05 Å². The van der Waals surface area contributed by atoms with Crippen molar-refractivity contribution >= 4 is 0 Å². The van der Waals surface area contributed by atoms with E-state index in [9.17, 15) is 0 Å². The summed E-state index contributed by atoms with van der Waals surface area (Å²) in [7, 11) is 5.47. The van der Waals surface area contributed by atoms with Gasteiger partial charge in [0.2, 0.25) is 0 Å². The molecule has 0 fully saturated rings. The van der Waals surface area contributed by atoms with E-state index in [0.717, 1.165) is 17.7 Å². The Labute approximate surface area is 73.8 Å². The quantitative estimate of drug-likeness (QED) is 0.514. The molecule has 0 heterocycles. The second kappa shape index (κ2) is 6.15. The number of rotatable bonds is 6. The van der Waals surface area contributed by atoms with Crippen molar-refractivity contribution in [1.29, 1.82) is 0 Å². The van der Waals surface area contributed by atoms with Crippen molar-refractivity contribution in [3.63, 3.8) is 0 Å². The fourth-order valence-corrected chi connectivity index (χ4v) is 3.05. The average molecular weight is 197 g/mol. The molecule has 0 atom stereocenters. The van der Waals surface area contributed by atoms with Crippen LogP contribution in [0.2, 0.25) is 9.95 Å². The molecular formula is C7H19NO2Ti. The zero-order valence-corrected chi connectivity index (χ0v) is 9.50. The van der Waals surface area contributed by atoms with Gasteiger partial charge in [-0.25, -0.2) is 0 Å². The van der Waals surface area contributed by atoms with Crippen LogP contribution < -0.4 is 5.32 Å². The fraction of sp³-hybridized carbons (Fsp3) is 1.00. The van der Waals surface area contributed by atoms with Crippen LogP contribution in [0.15, 0.2) is 0 Å². The molecule has 0 aromatic rings. The number of hydrogen-bond donors (Lipinski definition) is 1. The topological polar surface area (TPSA) is 30.5 Å². The van der Waals surface area contributed by atoms with Gasteiger partial charge >= 0.3 is 73.5 Å². The van der Waals surface area contributed by atoms with Crippen molar-refractivity contribution in [3.05, 3.63) is 0 Å². The Hall–Kier alpha value is 0.594. The van der Waals surface area contributed by atoms with Crippen molar-refractivity contribution in [2.75, 3.05) is 27.8 Å². The molecular weight excluding hydrogens is 178 g/mol. The van der Waals surface area contributed by atoms with E-state index in [-0.39, 0.29) is 0 Å². The first-order valence-corrected chi connectivity index (χ1v) is 7.87. The molecule has 0 amide bonds. The van der Waals surface area contributed by atoms with Gasteiger partial charge in [0.1, 0.15) is 0 Å². The van der Waals surface area contributed by atoms with E-state index in [0.29, 0.717) is 0 Å².